The van der Waals surface area contributed by atoms with E-state index in [1.54, 1.807) is 18.2 Å². The summed E-state index contributed by atoms with van der Waals surface area (Å²) in [5.41, 5.74) is -6.66. The summed E-state index contributed by atoms with van der Waals surface area (Å²) in [7, 11) is 0. The summed E-state index contributed by atoms with van der Waals surface area (Å²) in [5.74, 6) is -3.54. The van der Waals surface area contributed by atoms with Crippen molar-refractivity contribution in [3.05, 3.63) is 108 Å². The van der Waals surface area contributed by atoms with E-state index in [4.69, 9.17) is 0 Å². The predicted molar refractivity (Wildman–Crippen MR) is 109 cm³/mol. The van der Waals surface area contributed by atoms with Crippen molar-refractivity contribution in [3.8, 4) is 0 Å². The van der Waals surface area contributed by atoms with Gasteiger partial charge in [-0.1, -0.05) is 91.0 Å². The number of rotatable bonds is 8. The standard InChI is InChI=1S/C24H20O6/c25-16-23(29,20(26)17-10-4-1-5-11-17)24(30,21(27)18-12-6-2-7-13-18)22(28)19-14-8-3-9-15-19/h1-15,25,29-30H,16H2. The molecule has 0 amide bonds. The maximum atomic E-state index is 13.3. The van der Waals surface area contributed by atoms with E-state index in [1.165, 1.54) is 72.8 Å². The second kappa shape index (κ2) is 8.51. The minimum Gasteiger partial charge on any atom is -0.393 e. The average molecular weight is 404 g/mol. The first-order valence-electron chi connectivity index (χ1n) is 9.21. The number of carbonyl (C=O) groups is 3. The minimum atomic E-state index is -3.27. The molecule has 0 saturated heterocycles. The normalized spacial score (nSPS) is 13.3. The summed E-state index contributed by atoms with van der Waals surface area (Å²) < 4.78 is 0. The van der Waals surface area contributed by atoms with Crippen molar-refractivity contribution in [1.29, 1.82) is 0 Å². The van der Waals surface area contributed by atoms with Crippen LogP contribution in [0.15, 0.2) is 91.0 Å². The van der Waals surface area contributed by atoms with Gasteiger partial charge in [0, 0.05) is 16.7 Å². The molecule has 3 aromatic carbocycles. The molecule has 0 bridgehead atoms. The van der Waals surface area contributed by atoms with Gasteiger partial charge >= 0.3 is 0 Å². The van der Waals surface area contributed by atoms with E-state index >= 15 is 0 Å². The molecule has 0 heterocycles. The van der Waals surface area contributed by atoms with Gasteiger partial charge in [-0.05, 0) is 0 Å². The van der Waals surface area contributed by atoms with Crippen LogP contribution in [0.4, 0.5) is 0 Å². The van der Waals surface area contributed by atoms with E-state index in [0.717, 1.165) is 0 Å². The highest BCUT2D eigenvalue weighted by molar-refractivity contribution is 6.27. The first kappa shape index (κ1) is 21.3. The van der Waals surface area contributed by atoms with Crippen molar-refractivity contribution in [2.24, 2.45) is 0 Å². The van der Waals surface area contributed by atoms with Crippen LogP contribution in [0.25, 0.3) is 0 Å². The monoisotopic (exact) mass is 404 g/mol. The summed E-state index contributed by atoms with van der Waals surface area (Å²) >= 11 is 0. The lowest BCUT2D eigenvalue weighted by atomic mass is 9.70. The lowest BCUT2D eigenvalue weighted by molar-refractivity contribution is -0.101. The quantitative estimate of drug-likeness (QED) is 0.392. The largest absolute Gasteiger partial charge is 0.393 e. The summed E-state index contributed by atoms with van der Waals surface area (Å²) in [5, 5.41) is 32.7. The molecule has 3 aromatic rings. The van der Waals surface area contributed by atoms with Gasteiger partial charge in [-0.15, -0.1) is 0 Å². The third kappa shape index (κ3) is 3.48. The van der Waals surface area contributed by atoms with Gasteiger partial charge in [0.15, 0.2) is 5.60 Å². The molecule has 0 aliphatic carbocycles. The van der Waals surface area contributed by atoms with E-state index in [-0.39, 0.29) is 16.7 Å². The Labute approximate surface area is 173 Å². The molecular formula is C24H20O6. The van der Waals surface area contributed by atoms with Crippen LogP contribution in [0.3, 0.4) is 0 Å². The van der Waals surface area contributed by atoms with Crippen LogP contribution in [0.2, 0.25) is 0 Å². The SMILES string of the molecule is O=C(c1ccccc1)C(O)(CO)C(O)(C(=O)c1ccccc1)C(=O)c1ccccc1. The van der Waals surface area contributed by atoms with Crippen molar-refractivity contribution in [2.75, 3.05) is 6.61 Å². The highest BCUT2D eigenvalue weighted by Crippen LogP contribution is 2.33. The van der Waals surface area contributed by atoms with Crippen molar-refractivity contribution >= 4 is 17.3 Å². The maximum absolute atomic E-state index is 13.3. The van der Waals surface area contributed by atoms with Crippen LogP contribution in [-0.2, 0) is 0 Å². The third-order valence-corrected chi connectivity index (χ3v) is 4.97. The zero-order chi connectivity index (χ0) is 21.8. The van der Waals surface area contributed by atoms with Crippen molar-refractivity contribution < 1.29 is 29.7 Å². The Morgan fingerprint density at radius 2 is 0.867 bits per heavy atom. The average Bonchev–Trinajstić information content (AvgIpc) is 2.83. The first-order valence-corrected chi connectivity index (χ1v) is 9.21. The van der Waals surface area contributed by atoms with E-state index < -0.39 is 35.2 Å². The molecule has 6 heteroatoms. The number of benzene rings is 3. The summed E-state index contributed by atoms with van der Waals surface area (Å²) in [6.07, 6.45) is 0. The number of Topliss-reactive ketones (excluding diaryl/α,β-unsaturated/α-hetero) is 3. The van der Waals surface area contributed by atoms with Gasteiger partial charge in [-0.25, -0.2) is 0 Å². The fourth-order valence-electron chi connectivity index (χ4n) is 3.25. The molecule has 0 saturated carbocycles. The van der Waals surface area contributed by atoms with Gasteiger partial charge in [0.25, 0.3) is 0 Å². The summed E-state index contributed by atoms with van der Waals surface area (Å²) in [6.45, 7) is -1.35. The van der Waals surface area contributed by atoms with Crippen LogP contribution in [0.5, 0.6) is 0 Å². The van der Waals surface area contributed by atoms with Crippen LogP contribution in [0, 0.1) is 0 Å². The number of aliphatic hydroxyl groups excluding tert-OH is 1. The molecule has 3 N–H and O–H groups in total. The number of carbonyl (C=O) groups excluding carboxylic acids is 3. The molecule has 0 aliphatic heterocycles. The summed E-state index contributed by atoms with van der Waals surface area (Å²) in [6, 6.07) is 22.0. The number of aliphatic hydroxyl groups is 3. The van der Waals surface area contributed by atoms with Gasteiger partial charge in [-0.2, -0.15) is 0 Å². The third-order valence-electron chi connectivity index (χ3n) is 4.97. The topological polar surface area (TPSA) is 112 Å². The molecule has 152 valence electrons. The molecule has 0 fully saturated rings. The van der Waals surface area contributed by atoms with Gasteiger partial charge in [0.2, 0.25) is 23.0 Å². The van der Waals surface area contributed by atoms with Crippen LogP contribution in [-0.4, -0.2) is 50.5 Å². The highest BCUT2D eigenvalue weighted by Gasteiger charge is 2.64. The van der Waals surface area contributed by atoms with E-state index in [2.05, 4.69) is 0 Å². The van der Waals surface area contributed by atoms with Crippen molar-refractivity contribution in [1.82, 2.24) is 0 Å². The van der Waals surface area contributed by atoms with Crippen LogP contribution < -0.4 is 0 Å². The molecular weight excluding hydrogens is 384 g/mol. The van der Waals surface area contributed by atoms with Crippen molar-refractivity contribution in [3.63, 3.8) is 0 Å². The molecule has 0 aromatic heterocycles. The van der Waals surface area contributed by atoms with Gasteiger partial charge in [0.05, 0.1) is 6.61 Å². The van der Waals surface area contributed by atoms with Crippen LogP contribution >= 0.6 is 0 Å². The lowest BCUT2D eigenvalue weighted by Crippen LogP contribution is -2.69. The Hall–Kier alpha value is -3.45. The molecule has 0 radical (unpaired) electrons. The van der Waals surface area contributed by atoms with E-state index in [0.29, 0.717) is 0 Å². The molecule has 30 heavy (non-hydrogen) atoms. The number of ketones is 3. The Bertz CT molecular complexity index is 995. The predicted octanol–water partition coefficient (Wildman–Crippen LogP) is 2.09. The lowest BCUT2D eigenvalue weighted by Gasteiger charge is -2.38. The maximum Gasteiger partial charge on any atom is 0.229 e. The Morgan fingerprint density at radius 3 is 1.17 bits per heavy atom. The Morgan fingerprint density at radius 1 is 0.567 bits per heavy atom. The van der Waals surface area contributed by atoms with Gasteiger partial charge in [0.1, 0.15) is 0 Å². The fourth-order valence-corrected chi connectivity index (χ4v) is 3.25. The highest BCUT2D eigenvalue weighted by atomic mass is 16.4. The fraction of sp³-hybridized carbons (Fsp3) is 0.125. The molecule has 0 aliphatic rings. The second-order valence-corrected chi connectivity index (χ2v) is 6.81. The molecule has 1 atom stereocenters. The van der Waals surface area contributed by atoms with Crippen LogP contribution in [0.1, 0.15) is 31.1 Å². The Kier molecular flexibility index (Phi) is 6.03. The molecule has 1 unspecified atom stereocenters. The Balaban J connectivity index is 2.23. The van der Waals surface area contributed by atoms with Gasteiger partial charge in [-0.3, -0.25) is 14.4 Å². The number of hydrogen-bond donors (Lipinski definition) is 3. The smallest absolute Gasteiger partial charge is 0.229 e. The minimum absolute atomic E-state index is 0.0748. The zero-order valence-corrected chi connectivity index (χ0v) is 15.9. The summed E-state index contributed by atoms with van der Waals surface area (Å²) in [4.78, 5) is 39.8. The number of hydrogen-bond acceptors (Lipinski definition) is 6. The first-order chi connectivity index (χ1) is 14.4. The molecule has 6 nitrogen and oxygen atoms in total. The second-order valence-electron chi connectivity index (χ2n) is 6.81. The molecule has 3 rings (SSSR count). The molecule has 0 spiro atoms. The van der Waals surface area contributed by atoms with Crippen molar-refractivity contribution in [2.45, 2.75) is 11.2 Å². The van der Waals surface area contributed by atoms with E-state index in [9.17, 15) is 29.7 Å². The zero-order valence-electron chi connectivity index (χ0n) is 15.9. The van der Waals surface area contributed by atoms with E-state index in [1.807, 2.05) is 0 Å². The van der Waals surface area contributed by atoms with Gasteiger partial charge < -0.3 is 15.3 Å².